The first kappa shape index (κ1) is 11.1. The average Bonchev–Trinajstić information content (AvgIpc) is 2.70. The number of hydrogen-bond donors (Lipinski definition) is 1. The van der Waals surface area contributed by atoms with E-state index in [2.05, 4.69) is 0 Å². The number of Topliss-reactive ketones (excluding diaryl/α,β-unsaturated/α-hetero) is 1. The topological polar surface area (TPSA) is 37.3 Å². The Bertz CT molecular complexity index is 659. The molecule has 3 rings (SSSR count). The lowest BCUT2D eigenvalue weighted by atomic mass is 10.1. The van der Waals surface area contributed by atoms with E-state index in [0.29, 0.717) is 10.5 Å². The fourth-order valence-corrected chi connectivity index (χ4v) is 2.93. The van der Waals surface area contributed by atoms with Gasteiger partial charge in [-0.05, 0) is 24.3 Å². The Labute approximate surface area is 109 Å². The van der Waals surface area contributed by atoms with Crippen LogP contribution < -0.4 is 0 Å². The van der Waals surface area contributed by atoms with Crippen LogP contribution in [0.3, 0.4) is 0 Å². The Balaban J connectivity index is 2.02. The highest BCUT2D eigenvalue weighted by Crippen LogP contribution is 2.41. The lowest BCUT2D eigenvalue weighted by Gasteiger charge is -1.99. The Morgan fingerprint density at radius 1 is 1.00 bits per heavy atom. The number of benzene rings is 2. The smallest absolute Gasteiger partial charge is 0.200 e. The molecule has 2 nitrogen and oxygen atoms in total. The van der Waals surface area contributed by atoms with Crippen molar-refractivity contribution in [1.82, 2.24) is 0 Å². The number of carbonyl (C=O) groups excluding carboxylic acids is 1. The van der Waals surface area contributed by atoms with E-state index in [9.17, 15) is 9.90 Å². The third-order valence-electron chi connectivity index (χ3n) is 2.80. The molecule has 0 saturated heterocycles. The number of phenols is 1. The molecule has 3 heteroatoms. The first-order chi connectivity index (χ1) is 8.75. The van der Waals surface area contributed by atoms with E-state index in [1.165, 1.54) is 11.8 Å². The minimum Gasteiger partial charge on any atom is -0.507 e. The number of thioether (sulfide) groups is 1. The summed E-state index contributed by atoms with van der Waals surface area (Å²) in [6.45, 7) is 0. The van der Waals surface area contributed by atoms with Crippen molar-refractivity contribution in [2.24, 2.45) is 0 Å². The standard InChI is InChI=1S/C15H10O2S/c16-12-7-3-1-5-10(12)9-14-15(17)11-6-2-4-8-13(11)18-14/h1-9,16H. The summed E-state index contributed by atoms with van der Waals surface area (Å²) >= 11 is 1.45. The molecule has 0 amide bonds. The number of fused-ring (bicyclic) bond motifs is 1. The highest BCUT2D eigenvalue weighted by Gasteiger charge is 2.25. The summed E-state index contributed by atoms with van der Waals surface area (Å²) in [5.74, 6) is 0.216. The van der Waals surface area contributed by atoms with Crippen molar-refractivity contribution >= 4 is 23.6 Å². The molecular weight excluding hydrogens is 244 g/mol. The summed E-state index contributed by atoms with van der Waals surface area (Å²) in [4.78, 5) is 13.8. The second-order valence-electron chi connectivity index (χ2n) is 3.99. The molecule has 2 aromatic carbocycles. The summed E-state index contributed by atoms with van der Waals surface area (Å²) in [6.07, 6.45) is 1.74. The van der Waals surface area contributed by atoms with Crippen molar-refractivity contribution in [2.45, 2.75) is 4.90 Å². The Hall–Kier alpha value is -2.00. The summed E-state index contributed by atoms with van der Waals surface area (Å²) < 4.78 is 0. The average molecular weight is 254 g/mol. The van der Waals surface area contributed by atoms with Crippen LogP contribution in [-0.4, -0.2) is 10.9 Å². The quantitative estimate of drug-likeness (QED) is 0.788. The molecule has 18 heavy (non-hydrogen) atoms. The Morgan fingerprint density at radius 3 is 2.50 bits per heavy atom. The first-order valence-electron chi connectivity index (χ1n) is 5.57. The third-order valence-corrected chi connectivity index (χ3v) is 3.90. The summed E-state index contributed by atoms with van der Waals surface area (Å²) in [6, 6.07) is 14.5. The number of aromatic hydroxyl groups is 1. The molecule has 0 fully saturated rings. The van der Waals surface area contributed by atoms with Crippen molar-refractivity contribution < 1.29 is 9.90 Å². The molecular formula is C15H10O2S. The zero-order chi connectivity index (χ0) is 12.5. The van der Waals surface area contributed by atoms with Crippen LogP contribution in [0.25, 0.3) is 6.08 Å². The summed E-state index contributed by atoms with van der Waals surface area (Å²) in [7, 11) is 0. The van der Waals surface area contributed by atoms with Crippen molar-refractivity contribution in [3.05, 3.63) is 64.6 Å². The molecule has 1 aliphatic rings. The Morgan fingerprint density at radius 2 is 1.72 bits per heavy atom. The maximum Gasteiger partial charge on any atom is 0.200 e. The molecule has 0 radical (unpaired) electrons. The number of allylic oxidation sites excluding steroid dienone is 1. The number of carbonyl (C=O) groups is 1. The molecule has 1 aliphatic heterocycles. The van der Waals surface area contributed by atoms with Gasteiger partial charge in [-0.25, -0.2) is 0 Å². The summed E-state index contributed by atoms with van der Waals surface area (Å²) in [5, 5.41) is 9.71. The molecule has 2 aromatic rings. The number of rotatable bonds is 1. The number of hydrogen-bond acceptors (Lipinski definition) is 3. The maximum absolute atomic E-state index is 12.1. The van der Waals surface area contributed by atoms with Gasteiger partial charge in [-0.2, -0.15) is 0 Å². The number of ketones is 1. The zero-order valence-electron chi connectivity index (χ0n) is 9.46. The number of phenolic OH excluding ortho intramolecular Hbond substituents is 1. The molecule has 0 saturated carbocycles. The third kappa shape index (κ3) is 1.83. The zero-order valence-corrected chi connectivity index (χ0v) is 10.3. The second-order valence-corrected chi connectivity index (χ2v) is 5.08. The predicted molar refractivity (Wildman–Crippen MR) is 72.7 cm³/mol. The highest BCUT2D eigenvalue weighted by molar-refractivity contribution is 8.04. The molecule has 0 spiro atoms. The van der Waals surface area contributed by atoms with E-state index in [1.807, 2.05) is 30.3 Å². The van der Waals surface area contributed by atoms with E-state index in [4.69, 9.17) is 0 Å². The molecule has 0 atom stereocenters. The normalized spacial score (nSPS) is 16.0. The van der Waals surface area contributed by atoms with E-state index in [0.717, 1.165) is 10.5 Å². The minimum atomic E-state index is 0.0267. The van der Waals surface area contributed by atoms with Crippen LogP contribution in [0.15, 0.2) is 58.3 Å². The second kappa shape index (κ2) is 4.35. The minimum absolute atomic E-state index is 0.0267. The monoisotopic (exact) mass is 254 g/mol. The van der Waals surface area contributed by atoms with Crippen LogP contribution in [0, 0.1) is 0 Å². The van der Waals surface area contributed by atoms with Gasteiger partial charge in [0.05, 0.1) is 4.91 Å². The number of para-hydroxylation sites is 1. The van der Waals surface area contributed by atoms with Crippen molar-refractivity contribution in [2.75, 3.05) is 0 Å². The first-order valence-corrected chi connectivity index (χ1v) is 6.38. The lowest BCUT2D eigenvalue weighted by Crippen LogP contribution is -1.93. The van der Waals surface area contributed by atoms with Gasteiger partial charge >= 0.3 is 0 Å². The Kier molecular flexibility index (Phi) is 2.68. The van der Waals surface area contributed by atoms with Gasteiger partial charge in [0, 0.05) is 16.0 Å². The van der Waals surface area contributed by atoms with Crippen molar-refractivity contribution in [3.8, 4) is 5.75 Å². The predicted octanol–water partition coefficient (Wildman–Crippen LogP) is 3.72. The van der Waals surface area contributed by atoms with Crippen molar-refractivity contribution in [3.63, 3.8) is 0 Å². The fraction of sp³-hybridized carbons (Fsp3) is 0. The van der Waals surface area contributed by atoms with Gasteiger partial charge in [0.25, 0.3) is 0 Å². The largest absolute Gasteiger partial charge is 0.507 e. The van der Waals surface area contributed by atoms with Gasteiger partial charge in [-0.3, -0.25) is 4.79 Å². The van der Waals surface area contributed by atoms with E-state index in [-0.39, 0.29) is 11.5 Å². The highest BCUT2D eigenvalue weighted by atomic mass is 32.2. The lowest BCUT2D eigenvalue weighted by molar-refractivity contribution is 0.104. The van der Waals surface area contributed by atoms with Crippen molar-refractivity contribution in [1.29, 1.82) is 0 Å². The van der Waals surface area contributed by atoms with Gasteiger partial charge in [0.2, 0.25) is 5.78 Å². The van der Waals surface area contributed by atoms with Gasteiger partial charge < -0.3 is 5.11 Å². The van der Waals surface area contributed by atoms with Crippen LogP contribution in [0.1, 0.15) is 15.9 Å². The van der Waals surface area contributed by atoms with Crippen LogP contribution in [-0.2, 0) is 0 Å². The van der Waals surface area contributed by atoms with E-state index >= 15 is 0 Å². The van der Waals surface area contributed by atoms with E-state index in [1.54, 1.807) is 24.3 Å². The van der Waals surface area contributed by atoms with E-state index < -0.39 is 0 Å². The van der Waals surface area contributed by atoms with Gasteiger partial charge in [-0.1, -0.05) is 42.1 Å². The molecule has 0 aromatic heterocycles. The van der Waals surface area contributed by atoms with Gasteiger partial charge in [0.1, 0.15) is 5.75 Å². The molecule has 1 N–H and O–H groups in total. The van der Waals surface area contributed by atoms with Crippen LogP contribution in [0.2, 0.25) is 0 Å². The molecule has 0 unspecified atom stereocenters. The van der Waals surface area contributed by atoms with Gasteiger partial charge in [0.15, 0.2) is 0 Å². The molecule has 1 heterocycles. The van der Waals surface area contributed by atoms with Crippen LogP contribution in [0.5, 0.6) is 5.75 Å². The SMILES string of the molecule is O=C1C(=Cc2ccccc2O)Sc2ccccc21. The van der Waals surface area contributed by atoms with Crippen LogP contribution in [0.4, 0.5) is 0 Å². The van der Waals surface area contributed by atoms with Crippen LogP contribution >= 0.6 is 11.8 Å². The summed E-state index contributed by atoms with van der Waals surface area (Å²) in [5.41, 5.74) is 1.41. The fourth-order valence-electron chi connectivity index (χ4n) is 1.89. The maximum atomic E-state index is 12.1. The molecule has 88 valence electrons. The van der Waals surface area contributed by atoms with Gasteiger partial charge in [-0.15, -0.1) is 0 Å². The molecule has 0 aliphatic carbocycles. The molecule has 0 bridgehead atoms.